The van der Waals surface area contributed by atoms with Gasteiger partial charge in [0.25, 0.3) is 0 Å². The summed E-state index contributed by atoms with van der Waals surface area (Å²) in [5, 5.41) is 0. The topological polar surface area (TPSA) is 98.8 Å². The van der Waals surface area contributed by atoms with Crippen LogP contribution in [0.5, 0.6) is 0 Å². The second-order valence-electron chi connectivity index (χ2n) is 15.3. The molecule has 0 aliphatic heterocycles. The maximum Gasteiger partial charge on any atom is 0.330 e. The first-order valence-electron chi connectivity index (χ1n) is 20.5. The highest BCUT2D eigenvalue weighted by molar-refractivity contribution is 5.81. The molecule has 9 nitrogen and oxygen atoms in total. The van der Waals surface area contributed by atoms with Crippen LogP contribution in [-0.4, -0.2) is 75.7 Å². The number of unbranched alkanes of at least 4 members (excludes halogenated alkanes) is 6. The maximum atomic E-state index is 13.1. The van der Waals surface area contributed by atoms with Gasteiger partial charge in [-0.3, -0.25) is 4.79 Å². The molecule has 0 heterocycles. The Morgan fingerprint density at radius 3 is 1.67 bits per heavy atom. The van der Waals surface area contributed by atoms with Crippen molar-refractivity contribution in [1.82, 2.24) is 0 Å². The molecule has 4 atom stereocenters. The van der Waals surface area contributed by atoms with Crippen LogP contribution >= 0.6 is 0 Å². The molecule has 4 saturated carbocycles. The van der Waals surface area contributed by atoms with E-state index in [4.69, 9.17) is 33.2 Å². The molecule has 0 aromatic rings. The van der Waals surface area contributed by atoms with Crippen LogP contribution in [0.15, 0.2) is 31.2 Å². The predicted molar refractivity (Wildman–Crippen MR) is 197 cm³/mol. The number of fused-ring (bicyclic) bond motifs is 1. The molecule has 0 aromatic heterocycles. The largest absolute Gasteiger partial charge is 0.493 e. The number of ether oxygens (including phenoxy) is 7. The number of carbonyl (C=O) groups is 2. The monoisotopic (exact) mass is 716 g/mol. The van der Waals surface area contributed by atoms with Gasteiger partial charge in [0.05, 0.1) is 43.5 Å². The third kappa shape index (κ3) is 16.6. The van der Waals surface area contributed by atoms with Crippen molar-refractivity contribution in [2.24, 2.45) is 17.8 Å². The van der Waals surface area contributed by atoms with E-state index in [1.807, 2.05) is 0 Å². The smallest absolute Gasteiger partial charge is 0.330 e. The Kier molecular flexibility index (Phi) is 20.4. The lowest BCUT2D eigenvalue weighted by molar-refractivity contribution is -0.163. The van der Waals surface area contributed by atoms with Gasteiger partial charge in [-0.15, -0.1) is 0 Å². The van der Waals surface area contributed by atoms with Crippen LogP contribution in [0.2, 0.25) is 0 Å². The molecular formula is C42H68O9. The van der Waals surface area contributed by atoms with Crippen molar-refractivity contribution in [2.45, 2.75) is 172 Å². The molecule has 9 heteroatoms. The van der Waals surface area contributed by atoms with E-state index in [0.29, 0.717) is 31.3 Å². The summed E-state index contributed by atoms with van der Waals surface area (Å²) < 4.78 is 41.0. The molecule has 0 amide bonds. The summed E-state index contributed by atoms with van der Waals surface area (Å²) in [7, 11) is 0. The summed E-state index contributed by atoms with van der Waals surface area (Å²) in [4.78, 5) is 24.1. The number of hydrogen-bond donors (Lipinski definition) is 0. The Morgan fingerprint density at radius 1 is 0.569 bits per heavy atom. The average Bonchev–Trinajstić information content (AvgIpc) is 3.16. The van der Waals surface area contributed by atoms with E-state index in [-0.39, 0.29) is 42.3 Å². The molecule has 4 aliphatic carbocycles. The number of carbonyl (C=O) groups excluding carboxylic acids is 2. The van der Waals surface area contributed by atoms with Crippen molar-refractivity contribution in [3.63, 3.8) is 0 Å². The van der Waals surface area contributed by atoms with E-state index in [1.54, 1.807) is 0 Å². The van der Waals surface area contributed by atoms with Gasteiger partial charge in [0.15, 0.2) is 0 Å². The Hall–Kier alpha value is -2.16. The first-order valence-corrected chi connectivity index (χ1v) is 20.5. The van der Waals surface area contributed by atoms with Crippen LogP contribution in [0.4, 0.5) is 0 Å². The lowest BCUT2D eigenvalue weighted by Crippen LogP contribution is -2.38. The van der Waals surface area contributed by atoms with Crippen molar-refractivity contribution >= 4 is 11.9 Å². The summed E-state index contributed by atoms with van der Waals surface area (Å²) in [6, 6.07) is 0. The normalized spacial score (nSPS) is 29.3. The number of rotatable bonds is 24. The minimum Gasteiger partial charge on any atom is -0.493 e. The molecule has 0 radical (unpaired) electrons. The van der Waals surface area contributed by atoms with E-state index >= 15 is 0 Å². The fourth-order valence-electron chi connectivity index (χ4n) is 8.43. The van der Waals surface area contributed by atoms with E-state index in [2.05, 4.69) is 18.9 Å². The standard InChI is InChI=1S/C42H68O9/c1-3-25-45-26-9-5-6-10-28-47-37-21-23-38(24-22-37)49-32-50-39-19-15-35-31-40(20-16-34(35)30-39)51-42(44)33-13-17-36(18-14-33)46-27-11-7-8-12-29-48-41(43)4-2/h4,25,33-40H,1-2,5-24,26-32H2. The summed E-state index contributed by atoms with van der Waals surface area (Å²) >= 11 is 0. The van der Waals surface area contributed by atoms with Crippen LogP contribution in [0.1, 0.15) is 141 Å². The van der Waals surface area contributed by atoms with Crippen LogP contribution in [0, 0.1) is 17.8 Å². The van der Waals surface area contributed by atoms with E-state index in [1.165, 1.54) is 18.8 Å². The minimum absolute atomic E-state index is 0.0129. The Balaban J connectivity index is 0.966. The van der Waals surface area contributed by atoms with Gasteiger partial charge >= 0.3 is 11.9 Å². The summed E-state index contributed by atoms with van der Waals surface area (Å²) in [5.41, 5.74) is 2.62. The van der Waals surface area contributed by atoms with E-state index in [0.717, 1.165) is 155 Å². The Morgan fingerprint density at radius 2 is 1.06 bits per heavy atom. The van der Waals surface area contributed by atoms with E-state index < -0.39 is 0 Å². The first kappa shape index (κ1) is 41.6. The van der Waals surface area contributed by atoms with Crippen LogP contribution in [0.3, 0.4) is 0 Å². The summed E-state index contributed by atoms with van der Waals surface area (Å²) in [6.45, 7) is 10.1. The molecule has 0 spiro atoms. The van der Waals surface area contributed by atoms with Crippen molar-refractivity contribution in [1.29, 1.82) is 0 Å². The zero-order valence-electron chi connectivity index (χ0n) is 31.5. The molecular weight excluding hydrogens is 648 g/mol. The summed E-state index contributed by atoms with van der Waals surface area (Å²) in [5.74, 6) is 0.965. The number of hydrogen-bond acceptors (Lipinski definition) is 9. The lowest BCUT2D eigenvalue weighted by Gasteiger charge is -2.42. The first-order chi connectivity index (χ1) is 25.0. The lowest BCUT2D eigenvalue weighted by atomic mass is 9.69. The molecule has 0 N–H and O–H groups in total. The van der Waals surface area contributed by atoms with Gasteiger partial charge in [-0.2, -0.15) is 0 Å². The quantitative estimate of drug-likeness (QED) is 0.0242. The van der Waals surface area contributed by atoms with Crippen molar-refractivity contribution < 1.29 is 42.7 Å². The molecule has 0 bridgehead atoms. The van der Waals surface area contributed by atoms with Gasteiger partial charge in [0, 0.05) is 19.3 Å². The molecule has 0 aromatic carbocycles. The third-order valence-corrected chi connectivity index (χ3v) is 11.5. The van der Waals surface area contributed by atoms with Crippen LogP contribution in [0.25, 0.3) is 0 Å². The highest BCUT2D eigenvalue weighted by Crippen LogP contribution is 2.43. The second kappa shape index (κ2) is 25.0. The summed E-state index contributed by atoms with van der Waals surface area (Å²) in [6.07, 6.45) is 26.7. The molecule has 4 unspecified atom stereocenters. The molecule has 290 valence electrons. The molecule has 4 fully saturated rings. The zero-order valence-corrected chi connectivity index (χ0v) is 31.5. The fraction of sp³-hybridized carbons (Fsp3) is 0.833. The van der Waals surface area contributed by atoms with Crippen LogP contribution in [-0.2, 0) is 42.7 Å². The van der Waals surface area contributed by atoms with Gasteiger partial charge in [0.1, 0.15) is 19.2 Å². The predicted octanol–water partition coefficient (Wildman–Crippen LogP) is 8.93. The minimum atomic E-state index is -0.356. The van der Waals surface area contributed by atoms with Crippen molar-refractivity contribution in [3.8, 4) is 0 Å². The van der Waals surface area contributed by atoms with Crippen LogP contribution < -0.4 is 0 Å². The Bertz CT molecular complexity index is 1030. The second-order valence-corrected chi connectivity index (χ2v) is 15.3. The maximum absolute atomic E-state index is 13.1. The van der Waals surface area contributed by atoms with Crippen molar-refractivity contribution in [3.05, 3.63) is 31.2 Å². The van der Waals surface area contributed by atoms with Gasteiger partial charge in [-0.25, -0.2) is 4.79 Å². The zero-order chi connectivity index (χ0) is 35.9. The highest BCUT2D eigenvalue weighted by Gasteiger charge is 2.38. The number of esters is 2. The van der Waals surface area contributed by atoms with Gasteiger partial charge in [0.2, 0.25) is 0 Å². The SMILES string of the molecule is C=C=COCCCCCCOC1CCC(OCOC2CCC3CC(OC(=O)C4CCC(OCCCCCCOC(=O)C=C)CC4)CCC3C2)CC1. The van der Waals surface area contributed by atoms with Gasteiger partial charge in [-0.05, 0) is 140 Å². The molecule has 4 rings (SSSR count). The molecule has 4 aliphatic rings. The van der Waals surface area contributed by atoms with Crippen molar-refractivity contribution in [2.75, 3.05) is 33.2 Å². The fourth-order valence-corrected chi connectivity index (χ4v) is 8.43. The highest BCUT2D eigenvalue weighted by atomic mass is 16.7. The third-order valence-electron chi connectivity index (χ3n) is 11.5. The Labute approximate surface area is 308 Å². The van der Waals surface area contributed by atoms with Gasteiger partial charge in [-0.1, -0.05) is 31.7 Å². The molecule has 0 saturated heterocycles. The average molecular weight is 717 g/mol. The van der Waals surface area contributed by atoms with E-state index in [9.17, 15) is 9.59 Å². The van der Waals surface area contributed by atoms with Gasteiger partial charge < -0.3 is 33.2 Å². The molecule has 51 heavy (non-hydrogen) atoms.